The van der Waals surface area contributed by atoms with E-state index in [0.29, 0.717) is 18.6 Å². The van der Waals surface area contributed by atoms with E-state index in [9.17, 15) is 13.2 Å². The van der Waals surface area contributed by atoms with Gasteiger partial charge in [-0.2, -0.15) is 5.10 Å². The van der Waals surface area contributed by atoms with Crippen molar-refractivity contribution in [3.63, 3.8) is 0 Å². The predicted octanol–water partition coefficient (Wildman–Crippen LogP) is 2.08. The molecule has 1 saturated heterocycles. The summed E-state index contributed by atoms with van der Waals surface area (Å²) in [5.74, 6) is 1.50. The van der Waals surface area contributed by atoms with Crippen LogP contribution in [0, 0.1) is 0 Å². The zero-order chi connectivity index (χ0) is 21.3. The molecule has 1 fully saturated rings. The molecule has 0 unspecified atom stereocenters. The Labute approximate surface area is 176 Å². The van der Waals surface area contributed by atoms with Crippen molar-refractivity contribution in [3.05, 3.63) is 54.0 Å². The second kappa shape index (κ2) is 8.23. The number of hydrogen-bond donors (Lipinski definition) is 0. The van der Waals surface area contributed by atoms with Crippen molar-refractivity contribution >= 4 is 21.5 Å². The molecule has 0 radical (unpaired) electrons. The van der Waals surface area contributed by atoms with E-state index < -0.39 is 9.84 Å². The van der Waals surface area contributed by atoms with E-state index in [-0.39, 0.29) is 36.0 Å². The van der Waals surface area contributed by atoms with Gasteiger partial charge in [0.15, 0.2) is 9.84 Å². The summed E-state index contributed by atoms with van der Waals surface area (Å²) < 4.78 is 34.3. The van der Waals surface area contributed by atoms with Gasteiger partial charge in [0.1, 0.15) is 17.6 Å². The molecule has 0 bridgehead atoms. The summed E-state index contributed by atoms with van der Waals surface area (Å²) in [6, 6.07) is 10.7. The Balaban J connectivity index is 1.54. The molecule has 30 heavy (non-hydrogen) atoms. The van der Waals surface area contributed by atoms with Gasteiger partial charge in [0.05, 0.1) is 37.1 Å². The number of ether oxygens (including phenoxy) is 1. The van der Waals surface area contributed by atoms with Crippen LogP contribution >= 0.6 is 0 Å². The van der Waals surface area contributed by atoms with Crippen LogP contribution < -0.4 is 4.74 Å². The Morgan fingerprint density at radius 1 is 1.30 bits per heavy atom. The quantitative estimate of drug-likeness (QED) is 0.695. The lowest BCUT2D eigenvalue weighted by molar-refractivity contribution is -0.134. The standard InChI is InChI=1S/C21H25N3O5S/c1-23(16-9-11-30(26,27)14-16)13-21(25)24-19(20-4-3-10-29-20)12-18(22-24)15-5-7-17(28-2)8-6-15/h3-8,10,16,19H,9,11-14H2,1-2H3/t16-,19+/m0/s1. The lowest BCUT2D eigenvalue weighted by Crippen LogP contribution is -2.41. The minimum absolute atomic E-state index is 0.0940. The summed E-state index contributed by atoms with van der Waals surface area (Å²) in [6.45, 7) is 0.0940. The molecule has 1 aromatic carbocycles. The Morgan fingerprint density at radius 3 is 2.67 bits per heavy atom. The fourth-order valence-corrected chi connectivity index (χ4v) is 5.74. The molecular weight excluding hydrogens is 406 g/mol. The molecule has 1 amide bonds. The minimum Gasteiger partial charge on any atom is -0.497 e. The summed E-state index contributed by atoms with van der Waals surface area (Å²) in [5.41, 5.74) is 1.70. The van der Waals surface area contributed by atoms with E-state index >= 15 is 0 Å². The normalized spacial score (nSPS) is 23.0. The molecule has 3 heterocycles. The highest BCUT2D eigenvalue weighted by atomic mass is 32.2. The van der Waals surface area contributed by atoms with Gasteiger partial charge in [-0.05, 0) is 55.4 Å². The van der Waals surface area contributed by atoms with Gasteiger partial charge in [-0.1, -0.05) is 0 Å². The molecule has 2 aromatic rings. The highest BCUT2D eigenvalue weighted by Crippen LogP contribution is 2.33. The van der Waals surface area contributed by atoms with Gasteiger partial charge < -0.3 is 9.15 Å². The molecule has 2 atom stereocenters. The third-order valence-corrected chi connectivity index (χ3v) is 7.43. The number of rotatable bonds is 6. The molecule has 0 N–H and O–H groups in total. The first kappa shape index (κ1) is 20.6. The highest BCUT2D eigenvalue weighted by Gasteiger charge is 2.37. The van der Waals surface area contributed by atoms with Gasteiger partial charge in [-0.25, -0.2) is 13.4 Å². The average Bonchev–Trinajstić information content (AvgIpc) is 3.47. The summed E-state index contributed by atoms with van der Waals surface area (Å²) in [5, 5.41) is 6.08. The van der Waals surface area contributed by atoms with E-state index in [1.54, 1.807) is 26.5 Å². The minimum atomic E-state index is -3.01. The zero-order valence-electron chi connectivity index (χ0n) is 17.0. The number of carbonyl (C=O) groups excluding carboxylic acids is 1. The van der Waals surface area contributed by atoms with Crippen LogP contribution in [0.4, 0.5) is 0 Å². The summed E-state index contributed by atoms with van der Waals surface area (Å²) in [7, 11) is 0.388. The molecule has 9 heteroatoms. The molecule has 0 saturated carbocycles. The summed E-state index contributed by atoms with van der Waals surface area (Å²) >= 11 is 0. The highest BCUT2D eigenvalue weighted by molar-refractivity contribution is 7.91. The van der Waals surface area contributed by atoms with Crippen LogP contribution in [0.5, 0.6) is 5.75 Å². The Morgan fingerprint density at radius 2 is 2.07 bits per heavy atom. The largest absolute Gasteiger partial charge is 0.497 e. The molecule has 8 nitrogen and oxygen atoms in total. The van der Waals surface area contributed by atoms with Gasteiger partial charge in [0, 0.05) is 12.5 Å². The van der Waals surface area contributed by atoms with Crippen LogP contribution in [0.15, 0.2) is 52.2 Å². The number of methoxy groups -OCH3 is 1. The van der Waals surface area contributed by atoms with Crippen molar-refractivity contribution < 1.29 is 22.4 Å². The van der Waals surface area contributed by atoms with Crippen molar-refractivity contribution in [2.24, 2.45) is 5.10 Å². The maximum Gasteiger partial charge on any atom is 0.257 e. The maximum atomic E-state index is 13.1. The third kappa shape index (κ3) is 4.27. The van der Waals surface area contributed by atoms with Crippen molar-refractivity contribution in [1.29, 1.82) is 0 Å². The van der Waals surface area contributed by atoms with Crippen molar-refractivity contribution in [1.82, 2.24) is 9.91 Å². The fourth-order valence-electron chi connectivity index (χ4n) is 3.94. The Kier molecular flexibility index (Phi) is 5.66. The van der Waals surface area contributed by atoms with Crippen LogP contribution in [0.1, 0.15) is 30.2 Å². The molecular formula is C21H25N3O5S. The van der Waals surface area contributed by atoms with Gasteiger partial charge in [-0.3, -0.25) is 9.69 Å². The first-order chi connectivity index (χ1) is 14.4. The second-order valence-electron chi connectivity index (χ2n) is 7.72. The molecule has 2 aliphatic heterocycles. The number of sulfone groups is 1. The first-order valence-electron chi connectivity index (χ1n) is 9.84. The van der Waals surface area contributed by atoms with Gasteiger partial charge in [0.2, 0.25) is 0 Å². The lowest BCUT2D eigenvalue weighted by Gasteiger charge is -2.26. The maximum absolute atomic E-state index is 13.1. The number of likely N-dealkylation sites (N-methyl/N-ethyl adjacent to an activating group) is 1. The van der Waals surface area contributed by atoms with Gasteiger partial charge in [-0.15, -0.1) is 0 Å². The van der Waals surface area contributed by atoms with E-state index in [2.05, 4.69) is 5.10 Å². The summed E-state index contributed by atoms with van der Waals surface area (Å²) in [4.78, 5) is 14.9. The number of hydrogen-bond acceptors (Lipinski definition) is 7. The van der Waals surface area contributed by atoms with Crippen molar-refractivity contribution in [2.45, 2.75) is 24.9 Å². The average molecular weight is 432 g/mol. The van der Waals surface area contributed by atoms with Crippen LogP contribution in [-0.4, -0.2) is 68.2 Å². The number of furan rings is 1. The van der Waals surface area contributed by atoms with Crippen molar-refractivity contribution in [2.75, 3.05) is 32.2 Å². The molecule has 0 spiro atoms. The fraction of sp³-hybridized carbons (Fsp3) is 0.429. The van der Waals surface area contributed by atoms with E-state index in [4.69, 9.17) is 9.15 Å². The van der Waals surface area contributed by atoms with Crippen LogP contribution in [0.25, 0.3) is 0 Å². The van der Waals surface area contributed by atoms with E-state index in [1.165, 1.54) is 5.01 Å². The summed E-state index contributed by atoms with van der Waals surface area (Å²) in [6.07, 6.45) is 2.67. The zero-order valence-corrected chi connectivity index (χ0v) is 17.8. The third-order valence-electron chi connectivity index (χ3n) is 5.68. The predicted molar refractivity (Wildman–Crippen MR) is 112 cm³/mol. The SMILES string of the molecule is COc1ccc(C2=NN(C(=O)CN(C)[C@H]3CCS(=O)(=O)C3)[C@@H](c3ccco3)C2)cc1. The number of carbonyl (C=O) groups is 1. The lowest BCUT2D eigenvalue weighted by atomic mass is 10.0. The molecule has 1 aromatic heterocycles. The molecule has 160 valence electrons. The smallest absolute Gasteiger partial charge is 0.257 e. The molecule has 0 aliphatic carbocycles. The molecule has 4 rings (SSSR count). The van der Waals surface area contributed by atoms with Gasteiger partial charge >= 0.3 is 0 Å². The van der Waals surface area contributed by atoms with Crippen LogP contribution in [-0.2, 0) is 14.6 Å². The topological polar surface area (TPSA) is 92.4 Å². The van der Waals surface area contributed by atoms with Crippen LogP contribution in [0.2, 0.25) is 0 Å². The molecule has 2 aliphatic rings. The van der Waals surface area contributed by atoms with E-state index in [0.717, 1.165) is 17.0 Å². The number of amides is 1. The first-order valence-corrected chi connectivity index (χ1v) is 11.7. The monoisotopic (exact) mass is 431 g/mol. The van der Waals surface area contributed by atoms with Crippen molar-refractivity contribution in [3.8, 4) is 5.75 Å². The van der Waals surface area contributed by atoms with Gasteiger partial charge in [0.25, 0.3) is 5.91 Å². The number of nitrogens with zero attached hydrogens (tertiary/aromatic N) is 3. The van der Waals surface area contributed by atoms with E-state index in [1.807, 2.05) is 35.2 Å². The number of benzene rings is 1. The Bertz CT molecular complexity index is 1030. The second-order valence-corrected chi connectivity index (χ2v) is 9.95. The number of hydrazone groups is 1. The Hall–Kier alpha value is -2.65. The van der Waals surface area contributed by atoms with Crippen LogP contribution in [0.3, 0.4) is 0 Å².